The van der Waals surface area contributed by atoms with Gasteiger partial charge in [-0.05, 0) is 54.8 Å². The van der Waals surface area contributed by atoms with E-state index in [4.69, 9.17) is 9.47 Å². The number of amides is 1. The second-order valence-electron chi connectivity index (χ2n) is 5.08. The summed E-state index contributed by atoms with van der Waals surface area (Å²) in [5, 5.41) is 3.91. The molecule has 2 rings (SSSR count). The van der Waals surface area contributed by atoms with Crippen molar-refractivity contribution >= 4 is 12.1 Å². The van der Waals surface area contributed by atoms with E-state index in [0.717, 1.165) is 28.2 Å². The summed E-state index contributed by atoms with van der Waals surface area (Å²) in [6, 6.07) is 13.2. The lowest BCUT2D eigenvalue weighted by molar-refractivity contribution is -0.123. The number of hydrogen-bond donors (Lipinski definition) is 1. The van der Waals surface area contributed by atoms with E-state index in [1.165, 1.54) is 0 Å². The van der Waals surface area contributed by atoms with E-state index < -0.39 is 0 Å². The minimum atomic E-state index is -0.308. The van der Waals surface area contributed by atoms with E-state index in [1.54, 1.807) is 13.3 Å². The molecule has 0 saturated carbocycles. The molecule has 0 saturated heterocycles. The number of rotatable bonds is 6. The van der Waals surface area contributed by atoms with Gasteiger partial charge < -0.3 is 9.47 Å². The first-order valence-corrected chi connectivity index (χ1v) is 7.25. The van der Waals surface area contributed by atoms with Crippen molar-refractivity contribution in [1.82, 2.24) is 5.43 Å². The topological polar surface area (TPSA) is 59.9 Å². The minimum absolute atomic E-state index is 0.0777. The molecule has 5 heteroatoms. The van der Waals surface area contributed by atoms with E-state index in [9.17, 15) is 4.79 Å². The highest BCUT2D eigenvalue weighted by molar-refractivity contribution is 5.83. The Morgan fingerprint density at radius 2 is 1.78 bits per heavy atom. The van der Waals surface area contributed by atoms with Gasteiger partial charge in [0.15, 0.2) is 6.61 Å². The lowest BCUT2D eigenvalue weighted by Gasteiger charge is -2.10. The van der Waals surface area contributed by atoms with Gasteiger partial charge in [0.1, 0.15) is 11.5 Å². The lowest BCUT2D eigenvalue weighted by Crippen LogP contribution is -2.25. The summed E-state index contributed by atoms with van der Waals surface area (Å²) in [6.07, 6.45) is 1.57. The monoisotopic (exact) mass is 312 g/mol. The van der Waals surface area contributed by atoms with Crippen LogP contribution in [0.15, 0.2) is 47.6 Å². The van der Waals surface area contributed by atoms with Gasteiger partial charge in [-0.25, -0.2) is 5.43 Å². The van der Waals surface area contributed by atoms with E-state index in [2.05, 4.69) is 10.5 Å². The summed E-state index contributed by atoms with van der Waals surface area (Å²) in [5.41, 5.74) is 5.31. The zero-order valence-electron chi connectivity index (χ0n) is 13.5. The number of nitrogens with one attached hydrogen (secondary N) is 1. The fourth-order valence-electron chi connectivity index (χ4n) is 2.07. The molecule has 0 unspecified atom stereocenters. The minimum Gasteiger partial charge on any atom is -0.497 e. The van der Waals surface area contributed by atoms with Crippen molar-refractivity contribution in [1.29, 1.82) is 0 Å². The van der Waals surface area contributed by atoms with Crippen molar-refractivity contribution < 1.29 is 14.3 Å². The van der Waals surface area contributed by atoms with Crippen LogP contribution in [0, 0.1) is 13.8 Å². The van der Waals surface area contributed by atoms with Gasteiger partial charge in [0.25, 0.3) is 5.91 Å². The molecule has 0 aliphatic heterocycles. The maximum absolute atomic E-state index is 11.8. The van der Waals surface area contributed by atoms with Crippen LogP contribution in [0.2, 0.25) is 0 Å². The van der Waals surface area contributed by atoms with Crippen LogP contribution in [-0.2, 0) is 4.79 Å². The Labute approximate surface area is 135 Å². The Balaban J connectivity index is 1.84. The molecule has 0 heterocycles. The average Bonchev–Trinajstić information content (AvgIpc) is 2.55. The van der Waals surface area contributed by atoms with Crippen molar-refractivity contribution in [2.45, 2.75) is 13.8 Å². The van der Waals surface area contributed by atoms with Crippen molar-refractivity contribution in [3.63, 3.8) is 0 Å². The zero-order chi connectivity index (χ0) is 16.7. The first-order chi connectivity index (χ1) is 11.1. The van der Waals surface area contributed by atoms with Crippen molar-refractivity contribution in [3.05, 3.63) is 59.2 Å². The molecule has 0 aliphatic carbocycles. The summed E-state index contributed by atoms with van der Waals surface area (Å²) in [6.45, 7) is 3.82. The van der Waals surface area contributed by atoms with Crippen LogP contribution in [0.3, 0.4) is 0 Å². The van der Waals surface area contributed by atoms with Gasteiger partial charge in [-0.15, -0.1) is 0 Å². The molecule has 0 atom stereocenters. The molecule has 120 valence electrons. The number of ether oxygens (including phenoxy) is 2. The zero-order valence-corrected chi connectivity index (χ0v) is 13.5. The number of benzene rings is 2. The van der Waals surface area contributed by atoms with Crippen molar-refractivity contribution in [2.75, 3.05) is 13.7 Å². The van der Waals surface area contributed by atoms with E-state index in [-0.39, 0.29) is 12.5 Å². The highest BCUT2D eigenvalue weighted by Crippen LogP contribution is 2.21. The normalized spacial score (nSPS) is 10.6. The molecule has 0 aliphatic rings. The number of hydrazone groups is 1. The van der Waals surface area contributed by atoms with Crippen LogP contribution in [0.4, 0.5) is 0 Å². The molecular weight excluding hydrogens is 292 g/mol. The second-order valence-corrected chi connectivity index (χ2v) is 5.08. The fourth-order valence-corrected chi connectivity index (χ4v) is 2.07. The predicted octanol–water partition coefficient (Wildman–Crippen LogP) is 2.84. The smallest absolute Gasteiger partial charge is 0.277 e. The first-order valence-electron chi connectivity index (χ1n) is 7.25. The maximum atomic E-state index is 11.8. The molecule has 2 aromatic rings. The fraction of sp³-hybridized carbons (Fsp3) is 0.222. The Morgan fingerprint density at radius 3 is 2.39 bits per heavy atom. The van der Waals surface area contributed by atoms with Gasteiger partial charge in [0.2, 0.25) is 0 Å². The third-order valence-electron chi connectivity index (χ3n) is 3.28. The molecule has 23 heavy (non-hydrogen) atoms. The number of nitrogens with zero attached hydrogens (tertiary/aromatic N) is 1. The summed E-state index contributed by atoms with van der Waals surface area (Å²) in [5.74, 6) is 1.20. The average molecular weight is 312 g/mol. The number of carbonyl (C=O) groups is 1. The summed E-state index contributed by atoms with van der Waals surface area (Å²) >= 11 is 0. The van der Waals surface area contributed by atoms with Gasteiger partial charge in [-0.2, -0.15) is 5.10 Å². The summed E-state index contributed by atoms with van der Waals surface area (Å²) in [4.78, 5) is 11.8. The van der Waals surface area contributed by atoms with Crippen LogP contribution >= 0.6 is 0 Å². The largest absolute Gasteiger partial charge is 0.497 e. The molecule has 1 N–H and O–H groups in total. The molecule has 1 amide bonds. The van der Waals surface area contributed by atoms with E-state index in [0.29, 0.717) is 0 Å². The van der Waals surface area contributed by atoms with Gasteiger partial charge in [-0.3, -0.25) is 4.79 Å². The Kier molecular flexibility index (Phi) is 5.74. The summed E-state index contributed by atoms with van der Waals surface area (Å²) in [7, 11) is 1.61. The maximum Gasteiger partial charge on any atom is 0.277 e. The molecule has 0 spiro atoms. The summed E-state index contributed by atoms with van der Waals surface area (Å²) < 4.78 is 10.6. The standard InChI is InChI=1S/C18H20N2O3/c1-13-5-4-6-14(2)18(13)23-12-17(21)20-19-11-15-7-9-16(22-3)10-8-15/h4-11H,12H2,1-3H3,(H,20,21). The molecule has 2 aromatic carbocycles. The van der Waals surface area contributed by atoms with Crippen LogP contribution in [0.5, 0.6) is 11.5 Å². The highest BCUT2D eigenvalue weighted by atomic mass is 16.5. The van der Waals surface area contributed by atoms with E-state index in [1.807, 2.05) is 56.3 Å². The molecule has 5 nitrogen and oxygen atoms in total. The van der Waals surface area contributed by atoms with Gasteiger partial charge >= 0.3 is 0 Å². The molecule has 0 fully saturated rings. The number of hydrogen-bond acceptors (Lipinski definition) is 4. The molecule has 0 bridgehead atoms. The van der Waals surface area contributed by atoms with Crippen molar-refractivity contribution in [3.8, 4) is 11.5 Å². The third-order valence-corrected chi connectivity index (χ3v) is 3.28. The van der Waals surface area contributed by atoms with Gasteiger partial charge in [-0.1, -0.05) is 18.2 Å². The Bertz CT molecular complexity index is 674. The second kappa shape index (κ2) is 7.98. The van der Waals surface area contributed by atoms with Gasteiger partial charge in [0.05, 0.1) is 13.3 Å². The number of methoxy groups -OCH3 is 1. The van der Waals surface area contributed by atoms with Crippen LogP contribution in [-0.4, -0.2) is 25.8 Å². The quantitative estimate of drug-likeness (QED) is 0.659. The number of para-hydroxylation sites is 1. The third kappa shape index (κ3) is 4.85. The van der Waals surface area contributed by atoms with Crippen molar-refractivity contribution in [2.24, 2.45) is 5.10 Å². The highest BCUT2D eigenvalue weighted by Gasteiger charge is 2.06. The van der Waals surface area contributed by atoms with Crippen LogP contribution in [0.1, 0.15) is 16.7 Å². The molecular formula is C18H20N2O3. The van der Waals surface area contributed by atoms with E-state index >= 15 is 0 Å². The van der Waals surface area contributed by atoms with Crippen LogP contribution < -0.4 is 14.9 Å². The Morgan fingerprint density at radius 1 is 1.13 bits per heavy atom. The molecule has 0 aromatic heterocycles. The lowest BCUT2D eigenvalue weighted by atomic mass is 10.1. The molecule has 0 radical (unpaired) electrons. The first kappa shape index (κ1) is 16.5. The van der Waals surface area contributed by atoms with Gasteiger partial charge in [0, 0.05) is 0 Å². The predicted molar refractivity (Wildman–Crippen MR) is 90.1 cm³/mol. The Hall–Kier alpha value is -2.82. The van der Waals surface area contributed by atoms with Crippen LogP contribution in [0.25, 0.3) is 0 Å². The SMILES string of the molecule is COc1ccc(C=NNC(=O)COc2c(C)cccc2C)cc1. The number of carbonyl (C=O) groups excluding carboxylic acids is 1. The number of aryl methyl sites for hydroxylation is 2.